The number of ether oxygens (including phenoxy) is 1. The van der Waals surface area contributed by atoms with E-state index in [0.717, 1.165) is 40.5 Å². The van der Waals surface area contributed by atoms with Gasteiger partial charge in [-0.15, -0.1) is 0 Å². The largest absolute Gasteiger partial charge is 0.490 e. The van der Waals surface area contributed by atoms with Gasteiger partial charge in [0, 0.05) is 36.3 Å². The monoisotopic (exact) mass is 363 g/mol. The molecule has 1 aliphatic heterocycles. The average Bonchev–Trinajstić information content (AvgIpc) is 3.07. The Hall–Kier alpha value is -3.12. The van der Waals surface area contributed by atoms with Gasteiger partial charge in [0.25, 0.3) is 0 Å². The minimum absolute atomic E-state index is 0.438. The molecule has 1 aliphatic rings. The Kier molecular flexibility index (Phi) is 3.50. The first-order chi connectivity index (χ1) is 12.8. The standard InChI is InChI=1S/C19H14ClN5O/c20-16-11-13(4-6-22-16)18-17(24-19-23-5-1-8-25(18)19)12-2-3-15-14(10-12)21-7-9-26-15/h1-6,8,10-11,21H,7,9H2. The quantitative estimate of drug-likeness (QED) is 0.547. The molecule has 26 heavy (non-hydrogen) atoms. The lowest BCUT2D eigenvalue weighted by molar-refractivity contribution is 0.323. The summed E-state index contributed by atoms with van der Waals surface area (Å²) in [6, 6.07) is 11.7. The van der Waals surface area contributed by atoms with E-state index >= 15 is 0 Å². The smallest absolute Gasteiger partial charge is 0.234 e. The first kappa shape index (κ1) is 15.2. The molecule has 5 rings (SSSR count). The third kappa shape index (κ3) is 2.46. The van der Waals surface area contributed by atoms with Crippen molar-refractivity contribution in [3.63, 3.8) is 0 Å². The van der Waals surface area contributed by atoms with Gasteiger partial charge in [0.1, 0.15) is 17.5 Å². The summed E-state index contributed by atoms with van der Waals surface area (Å²) in [4.78, 5) is 13.2. The van der Waals surface area contributed by atoms with Crippen LogP contribution in [0.15, 0.2) is 55.0 Å². The molecule has 0 bridgehead atoms. The first-order valence-electron chi connectivity index (χ1n) is 8.26. The number of halogens is 1. The zero-order valence-corrected chi connectivity index (χ0v) is 14.4. The van der Waals surface area contributed by atoms with Gasteiger partial charge in [-0.1, -0.05) is 11.6 Å². The highest BCUT2D eigenvalue weighted by molar-refractivity contribution is 6.29. The maximum atomic E-state index is 6.12. The van der Waals surface area contributed by atoms with E-state index in [2.05, 4.69) is 21.4 Å². The zero-order chi connectivity index (χ0) is 17.5. The van der Waals surface area contributed by atoms with Gasteiger partial charge in [-0.05, 0) is 36.4 Å². The van der Waals surface area contributed by atoms with Crippen molar-refractivity contribution in [3.05, 3.63) is 60.1 Å². The van der Waals surface area contributed by atoms with E-state index in [-0.39, 0.29) is 0 Å². The number of rotatable bonds is 2. The molecule has 4 heterocycles. The lowest BCUT2D eigenvalue weighted by Gasteiger charge is -2.19. The van der Waals surface area contributed by atoms with E-state index in [4.69, 9.17) is 21.3 Å². The number of aromatic nitrogens is 4. The van der Waals surface area contributed by atoms with Crippen LogP contribution >= 0.6 is 11.6 Å². The van der Waals surface area contributed by atoms with Crippen LogP contribution in [0.3, 0.4) is 0 Å². The number of imidazole rings is 1. The SMILES string of the molecule is Clc1cc(-c2c(-c3ccc4c(c3)NCCO4)nc3ncccn23)ccn1. The van der Waals surface area contributed by atoms with Crippen LogP contribution in [0.2, 0.25) is 5.15 Å². The molecule has 0 saturated heterocycles. The summed E-state index contributed by atoms with van der Waals surface area (Å²) in [5.41, 5.74) is 4.64. The minimum Gasteiger partial charge on any atom is -0.490 e. The van der Waals surface area contributed by atoms with Crippen molar-refractivity contribution in [2.45, 2.75) is 0 Å². The highest BCUT2D eigenvalue weighted by Crippen LogP contribution is 2.37. The molecular formula is C19H14ClN5O. The maximum absolute atomic E-state index is 6.12. The molecule has 1 aromatic carbocycles. The molecule has 0 unspecified atom stereocenters. The average molecular weight is 364 g/mol. The molecule has 0 spiro atoms. The predicted octanol–water partition coefficient (Wildman–Crippen LogP) is 3.92. The normalized spacial score (nSPS) is 13.1. The summed E-state index contributed by atoms with van der Waals surface area (Å²) in [5, 5.41) is 3.81. The molecule has 0 aliphatic carbocycles. The Labute approximate surface area is 154 Å². The molecule has 3 aromatic heterocycles. The Balaban J connectivity index is 1.76. The minimum atomic E-state index is 0.438. The van der Waals surface area contributed by atoms with Crippen molar-refractivity contribution in [2.75, 3.05) is 18.5 Å². The van der Waals surface area contributed by atoms with E-state index in [1.165, 1.54) is 0 Å². The highest BCUT2D eigenvalue weighted by Gasteiger charge is 2.19. The van der Waals surface area contributed by atoms with Crippen LogP contribution in [0, 0.1) is 0 Å². The number of nitrogens with zero attached hydrogens (tertiary/aromatic N) is 4. The van der Waals surface area contributed by atoms with Crippen molar-refractivity contribution >= 4 is 23.1 Å². The van der Waals surface area contributed by atoms with E-state index in [0.29, 0.717) is 17.5 Å². The van der Waals surface area contributed by atoms with Crippen LogP contribution in [0.1, 0.15) is 0 Å². The van der Waals surface area contributed by atoms with Crippen LogP contribution in [0.4, 0.5) is 5.69 Å². The number of benzene rings is 1. The second-order valence-corrected chi connectivity index (χ2v) is 6.34. The summed E-state index contributed by atoms with van der Waals surface area (Å²) in [5.74, 6) is 1.49. The van der Waals surface area contributed by atoms with E-state index < -0.39 is 0 Å². The van der Waals surface area contributed by atoms with Crippen molar-refractivity contribution in [2.24, 2.45) is 0 Å². The molecule has 4 aromatic rings. The van der Waals surface area contributed by atoms with Gasteiger partial charge in [-0.2, -0.15) is 0 Å². The molecule has 0 amide bonds. The third-order valence-electron chi connectivity index (χ3n) is 4.33. The molecular weight excluding hydrogens is 350 g/mol. The summed E-state index contributed by atoms with van der Waals surface area (Å²) in [6.07, 6.45) is 5.37. The van der Waals surface area contributed by atoms with Crippen LogP contribution in [-0.2, 0) is 0 Å². The van der Waals surface area contributed by atoms with Crippen molar-refractivity contribution in [1.29, 1.82) is 0 Å². The van der Waals surface area contributed by atoms with Gasteiger partial charge >= 0.3 is 0 Å². The summed E-state index contributed by atoms with van der Waals surface area (Å²) < 4.78 is 7.64. The number of hydrogen-bond acceptors (Lipinski definition) is 5. The van der Waals surface area contributed by atoms with Crippen LogP contribution in [0.25, 0.3) is 28.3 Å². The number of hydrogen-bond donors (Lipinski definition) is 1. The molecule has 7 heteroatoms. The van der Waals surface area contributed by atoms with Crippen molar-refractivity contribution < 1.29 is 4.74 Å². The summed E-state index contributed by atoms with van der Waals surface area (Å²) in [7, 11) is 0. The zero-order valence-electron chi connectivity index (χ0n) is 13.7. The lowest BCUT2D eigenvalue weighted by atomic mass is 10.0. The molecule has 1 N–H and O–H groups in total. The van der Waals surface area contributed by atoms with Crippen molar-refractivity contribution in [3.8, 4) is 28.3 Å². The Bertz CT molecular complexity index is 1120. The number of pyridine rings is 1. The topological polar surface area (TPSA) is 64.3 Å². The Morgan fingerprint density at radius 1 is 1.08 bits per heavy atom. The number of nitrogens with one attached hydrogen (secondary N) is 1. The Morgan fingerprint density at radius 2 is 2.04 bits per heavy atom. The van der Waals surface area contributed by atoms with Gasteiger partial charge in [-0.3, -0.25) is 4.40 Å². The molecule has 6 nitrogen and oxygen atoms in total. The van der Waals surface area contributed by atoms with E-state index in [1.807, 2.05) is 40.9 Å². The third-order valence-corrected chi connectivity index (χ3v) is 4.54. The van der Waals surface area contributed by atoms with Crippen LogP contribution < -0.4 is 10.1 Å². The second-order valence-electron chi connectivity index (χ2n) is 5.95. The van der Waals surface area contributed by atoms with Gasteiger partial charge in [0.15, 0.2) is 0 Å². The van der Waals surface area contributed by atoms with Gasteiger partial charge in [-0.25, -0.2) is 15.0 Å². The van der Waals surface area contributed by atoms with Crippen LogP contribution in [0.5, 0.6) is 5.75 Å². The second kappa shape index (κ2) is 6.00. The van der Waals surface area contributed by atoms with Crippen LogP contribution in [-0.4, -0.2) is 32.5 Å². The molecule has 0 radical (unpaired) electrons. The van der Waals surface area contributed by atoms with Crippen molar-refractivity contribution in [1.82, 2.24) is 19.4 Å². The fourth-order valence-electron chi connectivity index (χ4n) is 3.20. The Morgan fingerprint density at radius 3 is 2.96 bits per heavy atom. The lowest BCUT2D eigenvalue weighted by Crippen LogP contribution is -2.17. The predicted molar refractivity (Wildman–Crippen MR) is 101 cm³/mol. The number of fused-ring (bicyclic) bond motifs is 2. The van der Waals surface area contributed by atoms with Gasteiger partial charge in [0.2, 0.25) is 5.78 Å². The fraction of sp³-hybridized carbons (Fsp3) is 0.105. The molecule has 128 valence electrons. The summed E-state index contributed by atoms with van der Waals surface area (Å²) in [6.45, 7) is 1.46. The first-order valence-corrected chi connectivity index (χ1v) is 8.63. The van der Waals surface area contributed by atoms with Gasteiger partial charge < -0.3 is 10.1 Å². The van der Waals surface area contributed by atoms with Gasteiger partial charge in [0.05, 0.1) is 17.1 Å². The van der Waals surface area contributed by atoms with E-state index in [9.17, 15) is 0 Å². The fourth-order valence-corrected chi connectivity index (χ4v) is 3.38. The maximum Gasteiger partial charge on any atom is 0.234 e. The highest BCUT2D eigenvalue weighted by atomic mass is 35.5. The van der Waals surface area contributed by atoms with E-state index in [1.54, 1.807) is 12.4 Å². The molecule has 0 fully saturated rings. The molecule has 0 saturated carbocycles. The summed E-state index contributed by atoms with van der Waals surface area (Å²) >= 11 is 6.12. The number of anilines is 1. The molecule has 0 atom stereocenters.